The second kappa shape index (κ2) is 7.46. The smallest absolute Gasteiger partial charge is 0.0666 e. The van der Waals surface area contributed by atoms with Crippen LogP contribution in [-0.2, 0) is 4.74 Å². The van der Waals surface area contributed by atoms with Crippen molar-refractivity contribution < 1.29 is 4.74 Å². The van der Waals surface area contributed by atoms with Crippen LogP contribution in [0, 0.1) is 5.92 Å². The van der Waals surface area contributed by atoms with Crippen LogP contribution in [0.2, 0.25) is 0 Å². The molecule has 0 bridgehead atoms. The van der Waals surface area contributed by atoms with Gasteiger partial charge in [-0.1, -0.05) is 27.2 Å². The van der Waals surface area contributed by atoms with Gasteiger partial charge in [-0.2, -0.15) is 0 Å². The molecular formula is C15H34N2O. The molecule has 0 aromatic rings. The minimum absolute atomic E-state index is 0.120. The summed E-state index contributed by atoms with van der Waals surface area (Å²) >= 11 is 0. The van der Waals surface area contributed by atoms with Crippen LogP contribution in [0.4, 0.5) is 0 Å². The highest BCUT2D eigenvalue weighted by Gasteiger charge is 2.30. The van der Waals surface area contributed by atoms with Crippen LogP contribution >= 0.6 is 0 Å². The molecular weight excluding hydrogens is 224 g/mol. The Kier molecular flexibility index (Phi) is 7.41. The van der Waals surface area contributed by atoms with Crippen molar-refractivity contribution in [3.05, 3.63) is 0 Å². The average Bonchev–Trinajstić information content (AvgIpc) is 2.25. The van der Waals surface area contributed by atoms with Crippen molar-refractivity contribution in [2.75, 3.05) is 6.61 Å². The van der Waals surface area contributed by atoms with Gasteiger partial charge in [-0.25, -0.2) is 0 Å². The highest BCUT2D eigenvalue weighted by molar-refractivity contribution is 4.85. The Morgan fingerprint density at radius 2 is 1.72 bits per heavy atom. The van der Waals surface area contributed by atoms with Gasteiger partial charge in [-0.05, 0) is 46.0 Å². The molecule has 0 aromatic carbocycles. The molecule has 3 heteroatoms. The van der Waals surface area contributed by atoms with E-state index in [1.54, 1.807) is 0 Å². The van der Waals surface area contributed by atoms with E-state index in [2.05, 4.69) is 34.6 Å². The first kappa shape index (κ1) is 17.9. The highest BCUT2D eigenvalue weighted by atomic mass is 16.5. The molecule has 0 heterocycles. The molecule has 4 N–H and O–H groups in total. The van der Waals surface area contributed by atoms with Gasteiger partial charge in [0.25, 0.3) is 0 Å². The van der Waals surface area contributed by atoms with E-state index >= 15 is 0 Å². The van der Waals surface area contributed by atoms with Gasteiger partial charge in [0, 0.05) is 11.6 Å². The lowest BCUT2D eigenvalue weighted by atomic mass is 9.84. The zero-order valence-electron chi connectivity index (χ0n) is 13.3. The fourth-order valence-electron chi connectivity index (χ4n) is 2.29. The van der Waals surface area contributed by atoms with E-state index in [1.165, 1.54) is 0 Å². The van der Waals surface area contributed by atoms with Crippen molar-refractivity contribution >= 4 is 0 Å². The van der Waals surface area contributed by atoms with Crippen molar-refractivity contribution in [2.45, 2.75) is 84.4 Å². The predicted molar refractivity (Wildman–Crippen MR) is 79.6 cm³/mol. The zero-order chi connectivity index (χ0) is 14.4. The summed E-state index contributed by atoms with van der Waals surface area (Å²) in [4.78, 5) is 0. The lowest BCUT2D eigenvalue weighted by Gasteiger charge is -2.36. The van der Waals surface area contributed by atoms with Gasteiger partial charge >= 0.3 is 0 Å². The van der Waals surface area contributed by atoms with Crippen molar-refractivity contribution in [2.24, 2.45) is 17.4 Å². The summed E-state index contributed by atoms with van der Waals surface area (Å²) in [5.74, 6) is 0.358. The minimum Gasteiger partial charge on any atom is -0.375 e. The lowest BCUT2D eigenvalue weighted by molar-refractivity contribution is -0.0656. The quantitative estimate of drug-likeness (QED) is 0.668. The Labute approximate surface area is 114 Å². The van der Waals surface area contributed by atoms with Gasteiger partial charge in [0.2, 0.25) is 0 Å². The van der Waals surface area contributed by atoms with Gasteiger partial charge < -0.3 is 16.2 Å². The van der Waals surface area contributed by atoms with Crippen molar-refractivity contribution in [3.63, 3.8) is 0 Å². The summed E-state index contributed by atoms with van der Waals surface area (Å²) in [6.07, 6.45) is 4.03. The number of ether oxygens (including phenoxy) is 1. The van der Waals surface area contributed by atoms with Crippen LogP contribution < -0.4 is 11.5 Å². The summed E-state index contributed by atoms with van der Waals surface area (Å²) in [7, 11) is 0. The number of hydrogen-bond donors (Lipinski definition) is 2. The van der Waals surface area contributed by atoms with E-state index in [4.69, 9.17) is 16.2 Å². The van der Waals surface area contributed by atoms with Crippen molar-refractivity contribution in [1.82, 2.24) is 0 Å². The van der Waals surface area contributed by atoms with Crippen molar-refractivity contribution in [3.8, 4) is 0 Å². The maximum absolute atomic E-state index is 6.34. The Bertz CT molecular complexity index is 229. The van der Waals surface area contributed by atoms with Gasteiger partial charge in [-0.15, -0.1) is 0 Å². The normalized spacial score (nSPS) is 22.0. The SMILES string of the molecule is CCCC(C)(N)C(C)COC(C)(CC)CC(C)N. The first-order valence-corrected chi connectivity index (χ1v) is 7.35. The van der Waals surface area contributed by atoms with E-state index in [0.717, 1.165) is 25.7 Å². The third kappa shape index (κ3) is 6.17. The fourth-order valence-corrected chi connectivity index (χ4v) is 2.29. The van der Waals surface area contributed by atoms with Crippen LogP contribution in [0.15, 0.2) is 0 Å². The lowest BCUT2D eigenvalue weighted by Crippen LogP contribution is -2.46. The van der Waals surface area contributed by atoms with Crippen LogP contribution in [0.25, 0.3) is 0 Å². The first-order valence-electron chi connectivity index (χ1n) is 7.35. The molecule has 0 radical (unpaired) electrons. The second-order valence-corrected chi connectivity index (χ2v) is 6.45. The molecule has 18 heavy (non-hydrogen) atoms. The van der Waals surface area contributed by atoms with Gasteiger partial charge in [0.1, 0.15) is 0 Å². The molecule has 0 fully saturated rings. The van der Waals surface area contributed by atoms with E-state index in [9.17, 15) is 0 Å². The van der Waals surface area contributed by atoms with Crippen LogP contribution in [0.3, 0.4) is 0 Å². The summed E-state index contributed by atoms with van der Waals surface area (Å²) in [5.41, 5.74) is 12.0. The van der Waals surface area contributed by atoms with E-state index < -0.39 is 0 Å². The summed E-state index contributed by atoms with van der Waals surface area (Å²) in [6, 6.07) is 0.171. The Morgan fingerprint density at radius 3 is 2.11 bits per heavy atom. The fraction of sp³-hybridized carbons (Fsp3) is 1.00. The van der Waals surface area contributed by atoms with E-state index in [-0.39, 0.29) is 17.2 Å². The van der Waals surface area contributed by atoms with E-state index in [1.807, 2.05) is 6.92 Å². The third-order valence-corrected chi connectivity index (χ3v) is 4.10. The molecule has 0 saturated carbocycles. The van der Waals surface area contributed by atoms with Crippen molar-refractivity contribution in [1.29, 1.82) is 0 Å². The first-order chi connectivity index (χ1) is 8.17. The van der Waals surface area contributed by atoms with Gasteiger partial charge in [0.15, 0.2) is 0 Å². The van der Waals surface area contributed by atoms with Gasteiger partial charge in [0.05, 0.1) is 12.2 Å². The Morgan fingerprint density at radius 1 is 1.17 bits per heavy atom. The Hall–Kier alpha value is -0.120. The third-order valence-electron chi connectivity index (χ3n) is 4.10. The van der Waals surface area contributed by atoms with Gasteiger partial charge in [-0.3, -0.25) is 0 Å². The number of rotatable bonds is 9. The minimum atomic E-state index is -0.141. The molecule has 0 aromatic heterocycles. The van der Waals surface area contributed by atoms with Crippen LogP contribution in [-0.4, -0.2) is 23.8 Å². The van der Waals surface area contributed by atoms with Crippen LogP contribution in [0.5, 0.6) is 0 Å². The zero-order valence-corrected chi connectivity index (χ0v) is 13.3. The largest absolute Gasteiger partial charge is 0.375 e. The molecule has 0 amide bonds. The predicted octanol–water partition coefficient (Wildman–Crippen LogP) is 3.06. The maximum Gasteiger partial charge on any atom is 0.0666 e. The standard InChI is InChI=1S/C15H34N2O/c1-7-9-15(6,17)12(3)11-18-14(5,8-2)10-13(4)16/h12-13H,7-11,16-17H2,1-6H3. The summed E-state index contributed by atoms with van der Waals surface area (Å²) in [6.45, 7) is 13.5. The summed E-state index contributed by atoms with van der Waals surface area (Å²) in [5, 5.41) is 0. The Balaban J connectivity index is 4.36. The van der Waals surface area contributed by atoms with E-state index in [0.29, 0.717) is 12.5 Å². The molecule has 0 aliphatic heterocycles. The highest BCUT2D eigenvalue weighted by Crippen LogP contribution is 2.26. The molecule has 0 aliphatic carbocycles. The molecule has 0 aliphatic rings. The second-order valence-electron chi connectivity index (χ2n) is 6.45. The topological polar surface area (TPSA) is 61.3 Å². The average molecular weight is 258 g/mol. The molecule has 0 rings (SSSR count). The number of hydrogen-bond acceptors (Lipinski definition) is 3. The molecule has 110 valence electrons. The molecule has 0 spiro atoms. The number of nitrogens with two attached hydrogens (primary N) is 2. The van der Waals surface area contributed by atoms with Crippen LogP contribution in [0.1, 0.15) is 67.2 Å². The molecule has 3 nitrogen and oxygen atoms in total. The summed E-state index contributed by atoms with van der Waals surface area (Å²) < 4.78 is 6.12. The molecule has 4 atom stereocenters. The monoisotopic (exact) mass is 258 g/mol. The maximum atomic E-state index is 6.34. The molecule has 0 saturated heterocycles. The molecule has 4 unspecified atom stereocenters.